The van der Waals surface area contributed by atoms with Gasteiger partial charge in [0.25, 0.3) is 0 Å². The summed E-state index contributed by atoms with van der Waals surface area (Å²) in [6, 6.07) is 7.91. The predicted molar refractivity (Wildman–Crippen MR) is 105 cm³/mol. The first-order valence-electron chi connectivity index (χ1n) is 9.12. The second kappa shape index (κ2) is 11.0. The quantitative estimate of drug-likeness (QED) is 0.364. The van der Waals surface area contributed by atoms with E-state index in [2.05, 4.69) is 27.5 Å². The molecule has 2 rings (SSSR count). The minimum absolute atomic E-state index is 0.174. The molecule has 0 bridgehead atoms. The third-order valence-electron chi connectivity index (χ3n) is 3.73. The van der Waals surface area contributed by atoms with Gasteiger partial charge in [0.05, 0.1) is 19.7 Å². The fraction of sp³-hybridized carbons (Fsp3) is 0.474. The average molecular weight is 414 g/mol. The number of nitrogens with one attached hydrogen (secondary N) is 2. The lowest BCUT2D eigenvalue weighted by Crippen LogP contribution is -2.36. The Bertz CT molecular complexity index is 762. The van der Waals surface area contributed by atoms with Gasteiger partial charge >= 0.3 is 6.18 Å². The van der Waals surface area contributed by atoms with E-state index in [1.165, 1.54) is 0 Å². The summed E-state index contributed by atoms with van der Waals surface area (Å²) < 4.78 is 43.6. The highest BCUT2D eigenvalue weighted by molar-refractivity contribution is 7.09. The Balaban J connectivity index is 2.00. The van der Waals surface area contributed by atoms with Crippen molar-refractivity contribution < 1.29 is 17.9 Å². The van der Waals surface area contributed by atoms with E-state index in [9.17, 15) is 13.2 Å². The van der Waals surface area contributed by atoms with Gasteiger partial charge in [-0.3, -0.25) is 0 Å². The summed E-state index contributed by atoms with van der Waals surface area (Å²) in [5, 5.41) is 7.50. The number of hydrogen-bond donors (Lipinski definition) is 2. The third kappa shape index (κ3) is 7.12. The van der Waals surface area contributed by atoms with Gasteiger partial charge in [0.1, 0.15) is 5.01 Å². The van der Waals surface area contributed by atoms with Gasteiger partial charge in [-0.05, 0) is 24.5 Å². The second-order valence-electron chi connectivity index (χ2n) is 5.99. The van der Waals surface area contributed by atoms with Crippen LogP contribution in [0, 0.1) is 0 Å². The van der Waals surface area contributed by atoms with Crippen LogP contribution in [0.3, 0.4) is 0 Å². The molecule has 1 aromatic carbocycles. The van der Waals surface area contributed by atoms with Crippen molar-refractivity contribution in [3.8, 4) is 0 Å². The van der Waals surface area contributed by atoms with Crippen LogP contribution >= 0.6 is 11.3 Å². The number of hydrogen-bond acceptors (Lipinski definition) is 4. The molecular weight excluding hydrogens is 389 g/mol. The molecule has 1 heterocycles. The van der Waals surface area contributed by atoms with Crippen molar-refractivity contribution in [3.63, 3.8) is 0 Å². The number of thiazole rings is 1. The normalized spacial score (nSPS) is 12.2. The first-order chi connectivity index (χ1) is 13.4. The summed E-state index contributed by atoms with van der Waals surface area (Å²) in [5.74, 6) is 0.524. The van der Waals surface area contributed by atoms with Gasteiger partial charge in [-0.15, -0.1) is 11.3 Å². The zero-order chi connectivity index (χ0) is 20.4. The molecule has 154 valence electrons. The lowest BCUT2D eigenvalue weighted by atomic mass is 10.1. The molecule has 0 aliphatic heterocycles. The smallest absolute Gasteiger partial charge is 0.377 e. The molecule has 0 radical (unpaired) electrons. The Hall–Kier alpha value is -2.13. The number of alkyl halides is 3. The lowest BCUT2D eigenvalue weighted by Gasteiger charge is -2.12. The Morgan fingerprint density at radius 3 is 2.57 bits per heavy atom. The maximum Gasteiger partial charge on any atom is 0.434 e. The zero-order valence-corrected chi connectivity index (χ0v) is 16.8. The molecule has 0 aliphatic rings. The van der Waals surface area contributed by atoms with Crippen LogP contribution in [0.2, 0.25) is 0 Å². The lowest BCUT2D eigenvalue weighted by molar-refractivity contribution is -0.140. The highest BCUT2D eigenvalue weighted by Crippen LogP contribution is 2.29. The maximum atomic E-state index is 12.7. The van der Waals surface area contributed by atoms with E-state index in [0.717, 1.165) is 34.3 Å². The minimum Gasteiger partial charge on any atom is -0.377 e. The maximum absolute atomic E-state index is 12.7. The molecule has 1 aromatic heterocycles. The molecular formula is C19H25F3N4OS. The Labute approximate surface area is 167 Å². The highest BCUT2D eigenvalue weighted by atomic mass is 32.1. The van der Waals surface area contributed by atoms with Crippen molar-refractivity contribution in [2.24, 2.45) is 4.99 Å². The summed E-state index contributed by atoms with van der Waals surface area (Å²) in [4.78, 5) is 8.16. The van der Waals surface area contributed by atoms with Gasteiger partial charge < -0.3 is 15.4 Å². The molecule has 0 saturated heterocycles. The third-order valence-corrected chi connectivity index (χ3v) is 4.57. The summed E-state index contributed by atoms with van der Waals surface area (Å²) in [7, 11) is 0. The van der Waals surface area contributed by atoms with Crippen LogP contribution in [-0.4, -0.2) is 24.1 Å². The van der Waals surface area contributed by atoms with Gasteiger partial charge in [-0.2, -0.15) is 13.2 Å². The Morgan fingerprint density at radius 2 is 1.93 bits per heavy atom. The number of halogens is 3. The van der Waals surface area contributed by atoms with Crippen LogP contribution in [0.4, 0.5) is 13.2 Å². The van der Waals surface area contributed by atoms with E-state index in [1.807, 2.05) is 31.2 Å². The van der Waals surface area contributed by atoms with Gasteiger partial charge in [0.2, 0.25) is 0 Å². The van der Waals surface area contributed by atoms with Crippen molar-refractivity contribution in [1.82, 2.24) is 15.6 Å². The van der Waals surface area contributed by atoms with E-state index in [1.54, 1.807) is 0 Å². The first-order valence-corrected chi connectivity index (χ1v) is 10.00. The van der Waals surface area contributed by atoms with Gasteiger partial charge in [-0.25, -0.2) is 9.98 Å². The summed E-state index contributed by atoms with van der Waals surface area (Å²) in [5.41, 5.74) is 1.26. The van der Waals surface area contributed by atoms with Gasteiger partial charge in [-0.1, -0.05) is 31.2 Å². The molecule has 0 spiro atoms. The number of rotatable bonds is 9. The number of guanidine groups is 1. The van der Waals surface area contributed by atoms with E-state index in [-0.39, 0.29) is 6.54 Å². The number of aliphatic imine (C=N–C) groups is 1. The van der Waals surface area contributed by atoms with Crippen LogP contribution in [0.5, 0.6) is 0 Å². The largest absolute Gasteiger partial charge is 0.434 e. The van der Waals surface area contributed by atoms with Crippen molar-refractivity contribution in [2.45, 2.75) is 46.1 Å². The molecule has 0 aliphatic carbocycles. The molecule has 2 aromatic rings. The first kappa shape index (κ1) is 22.2. The molecule has 2 N–H and O–H groups in total. The molecule has 0 atom stereocenters. The molecule has 5 nitrogen and oxygen atoms in total. The Morgan fingerprint density at radius 1 is 1.18 bits per heavy atom. The molecule has 0 amide bonds. The molecule has 0 unspecified atom stereocenters. The zero-order valence-electron chi connectivity index (χ0n) is 16.0. The van der Waals surface area contributed by atoms with Crippen molar-refractivity contribution >= 4 is 17.3 Å². The van der Waals surface area contributed by atoms with Gasteiger partial charge in [0.15, 0.2) is 11.7 Å². The van der Waals surface area contributed by atoms with Crippen LogP contribution < -0.4 is 10.6 Å². The van der Waals surface area contributed by atoms with Crippen molar-refractivity contribution in [2.75, 3.05) is 13.2 Å². The molecule has 0 fully saturated rings. The summed E-state index contributed by atoms with van der Waals surface area (Å²) >= 11 is 0.972. The number of nitrogens with zero attached hydrogens (tertiary/aromatic N) is 2. The highest BCUT2D eigenvalue weighted by Gasteiger charge is 2.33. The second-order valence-corrected chi connectivity index (χ2v) is 6.94. The van der Waals surface area contributed by atoms with Gasteiger partial charge in [0, 0.05) is 18.5 Å². The van der Waals surface area contributed by atoms with E-state index < -0.39 is 11.9 Å². The van der Waals surface area contributed by atoms with Crippen LogP contribution in [0.1, 0.15) is 42.1 Å². The summed E-state index contributed by atoms with van der Waals surface area (Å²) in [6.45, 7) is 6.47. The Kier molecular flexibility index (Phi) is 8.72. The molecule has 28 heavy (non-hydrogen) atoms. The van der Waals surface area contributed by atoms with Crippen LogP contribution in [0.25, 0.3) is 0 Å². The number of aromatic nitrogens is 1. The van der Waals surface area contributed by atoms with Crippen LogP contribution in [-0.2, 0) is 30.6 Å². The molecule has 0 saturated carbocycles. The van der Waals surface area contributed by atoms with E-state index >= 15 is 0 Å². The van der Waals surface area contributed by atoms with E-state index in [0.29, 0.717) is 37.3 Å². The summed E-state index contributed by atoms with van der Waals surface area (Å²) in [6.07, 6.45) is -3.46. The van der Waals surface area contributed by atoms with Crippen LogP contribution in [0.15, 0.2) is 34.6 Å². The van der Waals surface area contributed by atoms with E-state index in [4.69, 9.17) is 4.74 Å². The fourth-order valence-corrected chi connectivity index (χ4v) is 3.11. The fourth-order valence-electron chi connectivity index (χ4n) is 2.37. The molecule has 9 heteroatoms. The standard InChI is InChI=1S/C19H25F3N4OS/c1-3-9-27-12-15-8-6-5-7-14(15)10-24-18(23-4-2)25-11-17-26-16(13-28-17)19(20,21)22/h5-8,13H,3-4,9-12H2,1-2H3,(H2,23,24,25). The minimum atomic E-state index is -4.42. The topological polar surface area (TPSA) is 58.5 Å². The van der Waals surface area contributed by atoms with Crippen molar-refractivity contribution in [3.05, 3.63) is 51.5 Å². The number of benzene rings is 1. The average Bonchev–Trinajstić information content (AvgIpc) is 3.15. The SMILES string of the molecule is CCCOCc1ccccc1CN=C(NCC)NCc1nc(C(F)(F)F)cs1. The monoisotopic (exact) mass is 414 g/mol. The number of ether oxygens (including phenoxy) is 1. The van der Waals surface area contributed by atoms with Crippen molar-refractivity contribution in [1.29, 1.82) is 0 Å². The predicted octanol–water partition coefficient (Wildman–Crippen LogP) is 4.34.